The zero-order chi connectivity index (χ0) is 37.5. The normalized spacial score (nSPS) is 32.8. The molecule has 0 unspecified atom stereocenters. The van der Waals surface area contributed by atoms with Crippen LogP contribution in [0.15, 0.2) is 0 Å². The smallest absolute Gasteiger partial charge is 0.246 e. The largest absolute Gasteiger partial charge is 0.375 e. The number of amides is 5. The van der Waals surface area contributed by atoms with E-state index in [2.05, 4.69) is 28.2 Å². The lowest BCUT2D eigenvalue weighted by molar-refractivity contribution is -0.150. The van der Waals surface area contributed by atoms with Crippen molar-refractivity contribution in [2.75, 3.05) is 20.2 Å². The maximum absolute atomic E-state index is 14.1. The second kappa shape index (κ2) is 21.7. The van der Waals surface area contributed by atoms with Crippen LogP contribution in [-0.2, 0) is 33.4 Å². The van der Waals surface area contributed by atoms with E-state index >= 15 is 0 Å². The molecule has 2 aliphatic carbocycles. The Morgan fingerprint density at radius 2 is 1.43 bits per heavy atom. The molecule has 14 nitrogen and oxygen atoms in total. The third-order valence-corrected chi connectivity index (χ3v) is 10.8. The molecule has 7 atom stereocenters. The first-order valence-corrected chi connectivity index (χ1v) is 19.6. The van der Waals surface area contributed by atoms with Crippen molar-refractivity contribution in [2.24, 2.45) is 23.3 Å². The number of carbonyl (C=O) groups is 5. The van der Waals surface area contributed by atoms with E-state index in [0.29, 0.717) is 32.1 Å². The van der Waals surface area contributed by atoms with E-state index in [1.54, 1.807) is 20.9 Å². The Morgan fingerprint density at radius 3 is 2.04 bits per heavy atom. The van der Waals surface area contributed by atoms with Gasteiger partial charge in [0.2, 0.25) is 29.5 Å². The van der Waals surface area contributed by atoms with Gasteiger partial charge in [-0.3, -0.25) is 24.0 Å². The summed E-state index contributed by atoms with van der Waals surface area (Å²) in [6, 6.07) is -4.01. The first-order chi connectivity index (χ1) is 24.4. The van der Waals surface area contributed by atoms with Gasteiger partial charge in [-0.25, -0.2) is 0 Å². The molecule has 3 fully saturated rings. The Morgan fingerprint density at radius 1 is 0.784 bits per heavy atom. The predicted octanol–water partition coefficient (Wildman–Crippen LogP) is 1.97. The molecule has 0 aromatic rings. The summed E-state index contributed by atoms with van der Waals surface area (Å²) in [7, 11) is 1.63. The van der Waals surface area contributed by atoms with Crippen molar-refractivity contribution in [1.82, 2.24) is 26.2 Å². The van der Waals surface area contributed by atoms with Crippen molar-refractivity contribution in [2.45, 2.75) is 173 Å². The van der Waals surface area contributed by atoms with Crippen molar-refractivity contribution in [3.63, 3.8) is 0 Å². The molecule has 1 heterocycles. The van der Waals surface area contributed by atoms with Crippen molar-refractivity contribution in [3.05, 3.63) is 0 Å². The first-order valence-electron chi connectivity index (χ1n) is 19.6. The molecule has 0 spiro atoms. The highest BCUT2D eigenvalue weighted by molar-refractivity contribution is 5.96. The zero-order valence-electron chi connectivity index (χ0n) is 31.8. The molecular weight excluding hydrogens is 654 g/mol. The average Bonchev–Trinajstić information content (AvgIpc) is 3.38. The number of nitrogens with one attached hydrogen (secondary N) is 4. The maximum Gasteiger partial charge on any atom is 0.246 e. The molecule has 1 aliphatic heterocycles. The minimum Gasteiger partial charge on any atom is -0.375 e. The maximum atomic E-state index is 14.1. The SMILES string of the molecule is CCCCCC[C@H]1O[C@@H](C)NC(=O)[C@H](COC2CC(N)C2)NC(=O)[C@H](CN)NC(=O)[C@H](C2CCCCCC2)NC(=O)[C@H](CCC)N(C)C(=O)[C@@H]1C. The van der Waals surface area contributed by atoms with Gasteiger partial charge in [0.1, 0.15) is 30.4 Å². The number of hydrogen-bond acceptors (Lipinski definition) is 9. The van der Waals surface area contributed by atoms with Gasteiger partial charge < -0.3 is 47.1 Å². The molecule has 5 amide bonds. The Kier molecular flexibility index (Phi) is 18.1. The number of nitrogens with zero attached hydrogens (tertiary/aromatic N) is 1. The van der Waals surface area contributed by atoms with Crippen LogP contribution in [0.25, 0.3) is 0 Å². The molecule has 1 saturated heterocycles. The van der Waals surface area contributed by atoms with Crippen LogP contribution in [0.1, 0.15) is 124 Å². The number of rotatable bonds is 12. The summed E-state index contributed by atoms with van der Waals surface area (Å²) < 4.78 is 12.3. The number of likely N-dealkylation sites (N-methyl/N-ethyl adjacent to an activating group) is 1. The van der Waals surface area contributed by atoms with Crippen LogP contribution >= 0.6 is 0 Å². The summed E-state index contributed by atoms with van der Waals surface area (Å²) in [6.07, 6.45) is 10.7. The third-order valence-electron chi connectivity index (χ3n) is 10.8. The molecular formula is C37H67N7O7. The van der Waals surface area contributed by atoms with Crippen molar-refractivity contribution >= 4 is 29.5 Å². The van der Waals surface area contributed by atoms with Gasteiger partial charge in [-0.05, 0) is 51.4 Å². The van der Waals surface area contributed by atoms with Crippen LogP contribution in [-0.4, -0.2) is 103 Å². The number of unbranched alkanes of at least 4 members (excludes halogenated alkanes) is 3. The van der Waals surface area contributed by atoms with E-state index in [-0.39, 0.29) is 37.1 Å². The van der Waals surface area contributed by atoms with Crippen molar-refractivity contribution in [1.29, 1.82) is 0 Å². The number of nitrogens with two attached hydrogens (primary N) is 2. The Balaban J connectivity index is 1.99. The lowest BCUT2D eigenvalue weighted by Crippen LogP contribution is -2.62. The summed E-state index contributed by atoms with van der Waals surface area (Å²) in [5.74, 6) is -3.14. The fourth-order valence-electron chi connectivity index (χ4n) is 7.43. The highest BCUT2D eigenvalue weighted by atomic mass is 16.5. The predicted molar refractivity (Wildman–Crippen MR) is 195 cm³/mol. The minimum absolute atomic E-state index is 0.0334. The van der Waals surface area contributed by atoms with Crippen molar-refractivity contribution in [3.8, 4) is 0 Å². The lowest BCUT2D eigenvalue weighted by atomic mass is 9.90. The first kappa shape index (κ1) is 42.6. The number of hydrogen-bond donors (Lipinski definition) is 6. The van der Waals surface area contributed by atoms with Gasteiger partial charge in [0.15, 0.2) is 0 Å². The zero-order valence-corrected chi connectivity index (χ0v) is 31.8. The highest BCUT2D eigenvalue weighted by Gasteiger charge is 2.39. The highest BCUT2D eigenvalue weighted by Crippen LogP contribution is 2.27. The van der Waals surface area contributed by atoms with Gasteiger partial charge in [0, 0.05) is 19.6 Å². The second-order valence-electron chi connectivity index (χ2n) is 15.0. The van der Waals surface area contributed by atoms with E-state index in [0.717, 1.165) is 64.2 Å². The van der Waals surface area contributed by atoms with Gasteiger partial charge >= 0.3 is 0 Å². The summed E-state index contributed by atoms with van der Waals surface area (Å²) in [5, 5.41) is 11.4. The minimum atomic E-state index is -1.17. The molecule has 8 N–H and O–H groups in total. The topological polar surface area (TPSA) is 207 Å². The molecule has 292 valence electrons. The van der Waals surface area contributed by atoms with E-state index in [9.17, 15) is 24.0 Å². The van der Waals surface area contributed by atoms with Crippen LogP contribution in [0.3, 0.4) is 0 Å². The Labute approximate surface area is 305 Å². The molecule has 0 aromatic heterocycles. The Hall–Kier alpha value is -2.81. The standard InChI is InChI=1S/C37H67N7O7/c1-6-8-9-14-18-31-23(3)37(49)44(5)30(15-7-2)35(47)43-32(25-16-12-10-11-13-17-25)36(48)41-28(21-38)33(45)42-29(34(46)40-24(4)51-31)22-50-27-19-26(39)20-27/h23-32H,6-22,38-39H2,1-5H3,(H,40,46)(H,41,48)(H,42,45)(H,43,47)/t23-,24+,26?,27?,28+,29+,30+,31-,32+/m1/s1. The van der Waals surface area contributed by atoms with Crippen LogP contribution in [0.4, 0.5) is 0 Å². The van der Waals surface area contributed by atoms with Gasteiger partial charge in [-0.1, -0.05) is 78.6 Å². The van der Waals surface area contributed by atoms with Crippen LogP contribution in [0, 0.1) is 11.8 Å². The fourth-order valence-corrected chi connectivity index (χ4v) is 7.43. The van der Waals surface area contributed by atoms with Crippen LogP contribution in [0.2, 0.25) is 0 Å². The van der Waals surface area contributed by atoms with Crippen molar-refractivity contribution < 1.29 is 33.4 Å². The van der Waals surface area contributed by atoms with E-state index in [1.807, 2.05) is 6.92 Å². The molecule has 14 heteroatoms. The molecule has 51 heavy (non-hydrogen) atoms. The molecule has 2 saturated carbocycles. The quantitative estimate of drug-likeness (QED) is 0.129. The van der Waals surface area contributed by atoms with Crippen LogP contribution < -0.4 is 32.7 Å². The van der Waals surface area contributed by atoms with Gasteiger partial charge in [-0.15, -0.1) is 0 Å². The second-order valence-corrected chi connectivity index (χ2v) is 15.0. The van der Waals surface area contributed by atoms with E-state index in [1.165, 1.54) is 4.90 Å². The molecule has 3 rings (SSSR count). The van der Waals surface area contributed by atoms with Crippen LogP contribution in [0.5, 0.6) is 0 Å². The van der Waals surface area contributed by atoms with Gasteiger partial charge in [0.05, 0.1) is 24.7 Å². The number of ether oxygens (including phenoxy) is 2. The molecule has 0 bridgehead atoms. The lowest BCUT2D eigenvalue weighted by Gasteiger charge is -2.36. The molecule has 0 aromatic carbocycles. The summed E-state index contributed by atoms with van der Waals surface area (Å²) >= 11 is 0. The van der Waals surface area contributed by atoms with E-state index in [4.69, 9.17) is 20.9 Å². The van der Waals surface area contributed by atoms with Gasteiger partial charge in [-0.2, -0.15) is 0 Å². The summed E-state index contributed by atoms with van der Waals surface area (Å²) in [5.41, 5.74) is 12.0. The monoisotopic (exact) mass is 722 g/mol. The Bertz CT molecular complexity index is 1130. The molecule has 0 radical (unpaired) electrons. The third kappa shape index (κ3) is 13.0. The fraction of sp³-hybridized carbons (Fsp3) is 0.865. The number of carbonyl (C=O) groups excluding carboxylic acids is 5. The summed E-state index contributed by atoms with van der Waals surface area (Å²) in [6.45, 7) is 7.21. The van der Waals surface area contributed by atoms with E-state index < -0.39 is 66.0 Å². The van der Waals surface area contributed by atoms with Gasteiger partial charge in [0.25, 0.3) is 0 Å². The molecule has 3 aliphatic rings. The summed E-state index contributed by atoms with van der Waals surface area (Å²) in [4.78, 5) is 71.1. The average molecular weight is 722 g/mol.